The molecule has 7 heteroatoms. The van der Waals surface area contributed by atoms with Gasteiger partial charge in [0.1, 0.15) is 12.7 Å². The number of carbonyl (C=O) groups is 1. The largest absolute Gasteiger partial charge is 0.378 e. The maximum Gasteiger partial charge on any atom is 0.251 e. The minimum Gasteiger partial charge on any atom is -0.378 e. The van der Waals surface area contributed by atoms with Gasteiger partial charge in [-0.1, -0.05) is 42.5 Å². The van der Waals surface area contributed by atoms with Crippen molar-refractivity contribution >= 4 is 22.5 Å². The van der Waals surface area contributed by atoms with Crippen LogP contribution in [-0.4, -0.2) is 46.3 Å². The summed E-state index contributed by atoms with van der Waals surface area (Å²) >= 11 is 0. The predicted octanol–water partition coefficient (Wildman–Crippen LogP) is 4.44. The number of anilines is 1. The average molecular weight is 465 g/mol. The van der Waals surface area contributed by atoms with E-state index in [1.54, 1.807) is 11.0 Å². The van der Waals surface area contributed by atoms with Crippen LogP contribution in [0.1, 0.15) is 33.0 Å². The summed E-state index contributed by atoms with van der Waals surface area (Å²) < 4.78 is 1.75. The number of fused-ring (bicyclic) bond motifs is 1. The topological polar surface area (TPSA) is 78.8 Å². The van der Waals surface area contributed by atoms with Crippen molar-refractivity contribution in [3.63, 3.8) is 0 Å². The molecular formula is C28H28N6O. The first-order chi connectivity index (χ1) is 17.1. The Kier molecular flexibility index (Phi) is 6.30. The van der Waals surface area contributed by atoms with Gasteiger partial charge in [0.05, 0.1) is 6.54 Å². The summed E-state index contributed by atoms with van der Waals surface area (Å²) in [6.07, 6.45) is 5.25. The molecule has 2 heterocycles. The number of nitrogens with zero attached hydrogens (tertiary/aromatic N) is 4. The van der Waals surface area contributed by atoms with Gasteiger partial charge in [-0.15, -0.1) is 0 Å². The zero-order valence-corrected chi connectivity index (χ0v) is 19.8. The van der Waals surface area contributed by atoms with Gasteiger partial charge in [0.2, 0.25) is 0 Å². The normalized spacial score (nSPS) is 11.9. The summed E-state index contributed by atoms with van der Waals surface area (Å²) in [7, 11) is 4.06. The van der Waals surface area contributed by atoms with Gasteiger partial charge in [-0.25, -0.2) is 9.67 Å². The van der Waals surface area contributed by atoms with Crippen LogP contribution in [0.25, 0.3) is 10.9 Å². The lowest BCUT2D eigenvalue weighted by Crippen LogP contribution is -2.29. The van der Waals surface area contributed by atoms with Crippen molar-refractivity contribution in [2.45, 2.75) is 12.5 Å². The highest BCUT2D eigenvalue weighted by Gasteiger charge is 2.20. The smallest absolute Gasteiger partial charge is 0.251 e. The van der Waals surface area contributed by atoms with Crippen LogP contribution in [-0.2, 0) is 6.54 Å². The van der Waals surface area contributed by atoms with Crippen LogP contribution in [0, 0.1) is 0 Å². The van der Waals surface area contributed by atoms with Gasteiger partial charge in [0.15, 0.2) is 0 Å². The van der Waals surface area contributed by atoms with Gasteiger partial charge in [0.25, 0.3) is 5.91 Å². The molecule has 5 aromatic rings. The molecule has 3 aromatic carbocycles. The van der Waals surface area contributed by atoms with Crippen LogP contribution in [0.3, 0.4) is 0 Å². The molecule has 7 nitrogen and oxygen atoms in total. The van der Waals surface area contributed by atoms with Crippen molar-refractivity contribution in [2.24, 2.45) is 0 Å². The first-order valence-corrected chi connectivity index (χ1v) is 11.6. The van der Waals surface area contributed by atoms with Gasteiger partial charge in [-0.05, 0) is 47.0 Å². The quantitative estimate of drug-likeness (QED) is 0.356. The van der Waals surface area contributed by atoms with Crippen LogP contribution in [0.2, 0.25) is 0 Å². The van der Waals surface area contributed by atoms with Crippen LogP contribution < -0.4 is 10.2 Å². The Morgan fingerprint density at radius 2 is 1.80 bits per heavy atom. The minimum absolute atomic E-state index is 0.0119. The highest BCUT2D eigenvalue weighted by atomic mass is 16.1. The molecule has 35 heavy (non-hydrogen) atoms. The Morgan fingerprint density at radius 1 is 1.03 bits per heavy atom. The molecule has 2 aromatic heterocycles. The number of aromatic amines is 1. The third-order valence-electron chi connectivity index (χ3n) is 6.30. The van der Waals surface area contributed by atoms with Crippen LogP contribution >= 0.6 is 0 Å². The van der Waals surface area contributed by atoms with Crippen LogP contribution in [0.5, 0.6) is 0 Å². The first kappa shape index (κ1) is 22.4. The van der Waals surface area contributed by atoms with Crippen LogP contribution in [0.15, 0.2) is 91.6 Å². The fourth-order valence-corrected chi connectivity index (χ4v) is 4.35. The molecule has 0 fully saturated rings. The molecule has 0 saturated carbocycles. The summed E-state index contributed by atoms with van der Waals surface area (Å²) in [4.78, 5) is 22.5. The fraction of sp³-hybridized carbons (Fsp3) is 0.179. The van der Waals surface area contributed by atoms with E-state index < -0.39 is 0 Å². The molecular weight excluding hydrogens is 436 g/mol. The van der Waals surface area contributed by atoms with E-state index in [9.17, 15) is 4.79 Å². The van der Waals surface area contributed by atoms with Gasteiger partial charge in [0, 0.05) is 54.9 Å². The lowest BCUT2D eigenvalue weighted by atomic mass is 9.90. The van der Waals surface area contributed by atoms with E-state index in [0.29, 0.717) is 18.7 Å². The Hall–Kier alpha value is -4.39. The molecule has 0 bridgehead atoms. The van der Waals surface area contributed by atoms with Crippen LogP contribution in [0.4, 0.5) is 5.69 Å². The van der Waals surface area contributed by atoms with Gasteiger partial charge >= 0.3 is 0 Å². The molecule has 1 amide bonds. The minimum atomic E-state index is -0.0907. The number of para-hydroxylation sites is 1. The molecule has 176 valence electrons. The molecule has 1 unspecified atom stereocenters. The molecule has 2 N–H and O–H groups in total. The Labute approximate surface area is 204 Å². The van der Waals surface area contributed by atoms with E-state index in [0.717, 1.165) is 22.3 Å². The molecule has 0 aliphatic carbocycles. The third-order valence-corrected chi connectivity index (χ3v) is 6.30. The third kappa shape index (κ3) is 4.94. The summed E-state index contributed by atoms with van der Waals surface area (Å²) in [6, 6.07) is 24.4. The molecule has 0 aliphatic rings. The molecule has 5 rings (SSSR count). The van der Waals surface area contributed by atoms with Crippen molar-refractivity contribution in [3.8, 4) is 0 Å². The standard InChI is InChI=1S/C28H28N6O/c1-33(2)23-13-11-21(12-14-23)25(26-16-30-27-6-4-3-5-24(26)27)15-31-28(35)22-9-7-20(8-10-22)17-34-19-29-18-32-34/h3-14,16,18-19,25,30H,15,17H2,1-2H3,(H,31,35). The zero-order chi connectivity index (χ0) is 24.2. The van der Waals surface area contributed by atoms with E-state index in [4.69, 9.17) is 0 Å². The summed E-state index contributed by atoms with van der Waals surface area (Å²) in [5, 5.41) is 8.46. The lowest BCUT2D eigenvalue weighted by Gasteiger charge is -2.20. The number of hydrogen-bond donors (Lipinski definition) is 2. The van der Waals surface area contributed by atoms with E-state index >= 15 is 0 Å². The van der Waals surface area contributed by atoms with Crippen molar-refractivity contribution in [2.75, 3.05) is 25.5 Å². The van der Waals surface area contributed by atoms with Crippen molar-refractivity contribution < 1.29 is 4.79 Å². The average Bonchev–Trinajstić information content (AvgIpc) is 3.55. The number of benzene rings is 3. The molecule has 1 atom stereocenters. The number of rotatable bonds is 8. The Balaban J connectivity index is 1.36. The van der Waals surface area contributed by atoms with Crippen molar-refractivity contribution in [1.82, 2.24) is 25.1 Å². The second-order valence-corrected chi connectivity index (χ2v) is 8.83. The summed E-state index contributed by atoms with van der Waals surface area (Å²) in [5.74, 6) is -0.0787. The molecule has 0 radical (unpaired) electrons. The first-order valence-electron chi connectivity index (χ1n) is 11.6. The second kappa shape index (κ2) is 9.85. The van der Waals surface area contributed by atoms with Gasteiger partial charge in [-0.2, -0.15) is 5.10 Å². The van der Waals surface area contributed by atoms with Gasteiger partial charge in [-0.3, -0.25) is 4.79 Å². The maximum absolute atomic E-state index is 13.0. The zero-order valence-electron chi connectivity index (χ0n) is 19.8. The molecule has 0 saturated heterocycles. The summed E-state index contributed by atoms with van der Waals surface area (Å²) in [5.41, 5.74) is 6.25. The van der Waals surface area contributed by atoms with E-state index in [1.807, 2.05) is 50.5 Å². The number of hydrogen-bond acceptors (Lipinski definition) is 4. The summed E-state index contributed by atoms with van der Waals surface area (Å²) in [6.45, 7) is 1.11. The van der Waals surface area contributed by atoms with Crippen molar-refractivity contribution in [3.05, 3.63) is 114 Å². The SMILES string of the molecule is CN(C)c1ccc(C(CNC(=O)c2ccc(Cn3cncn3)cc2)c2c[nH]c3ccccc23)cc1. The van der Waals surface area contributed by atoms with Crippen molar-refractivity contribution in [1.29, 1.82) is 0 Å². The Bertz CT molecular complexity index is 1400. The van der Waals surface area contributed by atoms with E-state index in [1.165, 1.54) is 17.3 Å². The highest BCUT2D eigenvalue weighted by molar-refractivity contribution is 5.94. The number of carbonyl (C=O) groups excluding carboxylic acids is 1. The number of aromatic nitrogens is 4. The Morgan fingerprint density at radius 3 is 2.51 bits per heavy atom. The second-order valence-electron chi connectivity index (χ2n) is 8.83. The van der Waals surface area contributed by atoms with E-state index in [-0.39, 0.29) is 11.8 Å². The van der Waals surface area contributed by atoms with Gasteiger partial charge < -0.3 is 15.2 Å². The molecule has 0 aliphatic heterocycles. The lowest BCUT2D eigenvalue weighted by molar-refractivity contribution is 0.0952. The number of amides is 1. The fourth-order valence-electron chi connectivity index (χ4n) is 4.35. The maximum atomic E-state index is 13.0. The monoisotopic (exact) mass is 464 g/mol. The highest BCUT2D eigenvalue weighted by Crippen LogP contribution is 2.31. The number of H-pyrrole nitrogens is 1. The van der Waals surface area contributed by atoms with E-state index in [2.05, 4.69) is 67.9 Å². The number of nitrogens with one attached hydrogen (secondary N) is 2. The predicted molar refractivity (Wildman–Crippen MR) is 139 cm³/mol. The molecule has 0 spiro atoms.